The zero-order chi connectivity index (χ0) is 39.5. The summed E-state index contributed by atoms with van der Waals surface area (Å²) in [4.78, 5) is 23.1. The van der Waals surface area contributed by atoms with Gasteiger partial charge in [-0.15, -0.1) is 0 Å². The summed E-state index contributed by atoms with van der Waals surface area (Å²) >= 11 is 0. The molecule has 0 aromatic carbocycles. The summed E-state index contributed by atoms with van der Waals surface area (Å²) in [6.07, 6.45) is 39.9. The Morgan fingerprint density at radius 3 is 1.94 bits per heavy atom. The van der Waals surface area contributed by atoms with Crippen LogP contribution in [0.1, 0.15) is 149 Å². The first-order valence-electron chi connectivity index (χ1n) is 20.8. The third-order valence-corrected chi connectivity index (χ3v) is 9.84. The molecule has 0 aliphatic carbocycles. The predicted molar refractivity (Wildman–Crippen MR) is 223 cm³/mol. The lowest BCUT2D eigenvalue weighted by Crippen LogP contribution is -2.46. The monoisotopic (exact) mass is 768 g/mol. The summed E-state index contributed by atoms with van der Waals surface area (Å²) in [6, 6.07) is -0.812. The van der Waals surface area contributed by atoms with E-state index in [-0.39, 0.29) is 25.5 Å². The van der Waals surface area contributed by atoms with Crippen LogP contribution in [-0.4, -0.2) is 84.6 Å². The lowest BCUT2D eigenvalue weighted by Gasteiger charge is -2.26. The largest absolute Gasteiger partial charge is 0.472 e. The number of hydrogen-bond donors (Lipinski definition) is 4. The van der Waals surface area contributed by atoms with Crippen molar-refractivity contribution in [2.24, 2.45) is 0 Å². The van der Waals surface area contributed by atoms with Gasteiger partial charge in [0.1, 0.15) is 13.2 Å². The molecule has 0 saturated carbocycles. The fourth-order valence-electron chi connectivity index (χ4n) is 5.52. The van der Waals surface area contributed by atoms with Crippen LogP contribution in [0.15, 0.2) is 60.8 Å². The van der Waals surface area contributed by atoms with Gasteiger partial charge in [-0.2, -0.15) is 0 Å². The maximum atomic E-state index is 12.8. The molecule has 0 bridgehead atoms. The standard InChI is InChI=1S/C43H79N2O7P/c1-6-8-10-12-14-15-16-17-18-19-23-27-31-35-42(47)41(39-52-53(49,50)51-38-37-45(3,4)5)44-43(48)36-32-28-24-21-20-22-26-30-34-40(46)33-29-25-13-11-9-7-2/h9,11,21-22,24-26,29-30,34,40-42,46-47H,6-8,10,12-20,23,27-28,31-33,35-39H2,1-5H3,(H-,44,48,49,50)/p+1/b11-9-,24-21-,26-22-,29-25-,34-30+/t40?,41-,42+/m0/s1. The van der Waals surface area contributed by atoms with Crippen LogP contribution in [-0.2, 0) is 18.4 Å². The van der Waals surface area contributed by atoms with E-state index in [1.165, 1.54) is 64.2 Å². The smallest absolute Gasteiger partial charge is 0.391 e. The van der Waals surface area contributed by atoms with Crippen molar-refractivity contribution in [2.45, 2.75) is 167 Å². The molecule has 0 aromatic heterocycles. The van der Waals surface area contributed by atoms with Crippen LogP contribution in [0.2, 0.25) is 0 Å². The number of rotatable bonds is 36. The number of nitrogens with one attached hydrogen (secondary N) is 1. The highest BCUT2D eigenvalue weighted by molar-refractivity contribution is 7.47. The molecule has 0 radical (unpaired) electrons. The van der Waals surface area contributed by atoms with Crippen molar-refractivity contribution < 1.29 is 38.0 Å². The van der Waals surface area contributed by atoms with Crippen LogP contribution >= 0.6 is 7.82 Å². The molecule has 0 aliphatic rings. The van der Waals surface area contributed by atoms with E-state index >= 15 is 0 Å². The molecule has 4 N–H and O–H groups in total. The van der Waals surface area contributed by atoms with Crippen molar-refractivity contribution in [3.05, 3.63) is 60.8 Å². The molecule has 0 spiro atoms. The quantitative estimate of drug-likeness (QED) is 0.0164. The Labute approximate surface area is 324 Å². The fraction of sp³-hybridized carbons (Fsp3) is 0.744. The molecule has 0 heterocycles. The summed E-state index contributed by atoms with van der Waals surface area (Å²) in [5, 5.41) is 23.9. The van der Waals surface area contributed by atoms with Gasteiger partial charge in [-0.25, -0.2) is 4.57 Å². The van der Waals surface area contributed by atoms with E-state index in [0.29, 0.717) is 30.3 Å². The Balaban J connectivity index is 4.61. The third kappa shape index (κ3) is 36.9. The number of hydrogen-bond acceptors (Lipinski definition) is 6. The van der Waals surface area contributed by atoms with Crippen LogP contribution in [0.4, 0.5) is 0 Å². The molecule has 10 heteroatoms. The van der Waals surface area contributed by atoms with Gasteiger partial charge < -0.3 is 24.9 Å². The Morgan fingerprint density at radius 2 is 1.32 bits per heavy atom. The first-order valence-corrected chi connectivity index (χ1v) is 22.3. The molecular formula is C43H80N2O7P+. The summed E-state index contributed by atoms with van der Waals surface area (Å²) < 4.78 is 23.5. The minimum Gasteiger partial charge on any atom is -0.391 e. The molecular weight excluding hydrogens is 687 g/mol. The van der Waals surface area contributed by atoms with Gasteiger partial charge in [0, 0.05) is 6.42 Å². The number of phosphoric ester groups is 1. The Kier molecular flexibility index (Phi) is 33.4. The average molecular weight is 768 g/mol. The van der Waals surface area contributed by atoms with Gasteiger partial charge in [0.15, 0.2) is 0 Å². The van der Waals surface area contributed by atoms with Gasteiger partial charge in [0.05, 0.1) is 46.0 Å². The molecule has 0 rings (SSSR count). The molecule has 0 aliphatic heterocycles. The molecule has 1 amide bonds. The van der Waals surface area contributed by atoms with Crippen LogP contribution in [0, 0.1) is 0 Å². The second kappa shape index (κ2) is 34.6. The molecule has 9 nitrogen and oxygen atoms in total. The van der Waals surface area contributed by atoms with Crippen molar-refractivity contribution in [3.8, 4) is 0 Å². The number of quaternary nitrogens is 1. The molecule has 4 atom stereocenters. The predicted octanol–water partition coefficient (Wildman–Crippen LogP) is 10.0. The van der Waals surface area contributed by atoms with E-state index in [2.05, 4.69) is 37.4 Å². The maximum absolute atomic E-state index is 12.8. The minimum absolute atomic E-state index is 0.0500. The molecule has 2 unspecified atom stereocenters. The SMILES string of the molecule is CC/C=C\C/C=C\CC(O)/C=C/C=C\C/C=C\CCCC(=O)N[C@@H](COP(=O)(O)OCC[N+](C)(C)C)[C@H](O)CCCCCCCCCCCCCCC. The van der Waals surface area contributed by atoms with Crippen LogP contribution < -0.4 is 5.32 Å². The number of unbranched alkanes of at least 4 members (excludes halogenated alkanes) is 13. The number of aliphatic hydroxyl groups is 2. The zero-order valence-electron chi connectivity index (χ0n) is 34.3. The number of likely N-dealkylation sites (N-methyl/N-ethyl adjacent to an activating group) is 1. The fourth-order valence-corrected chi connectivity index (χ4v) is 6.25. The van der Waals surface area contributed by atoms with Gasteiger partial charge >= 0.3 is 7.82 Å². The van der Waals surface area contributed by atoms with E-state index in [9.17, 15) is 24.5 Å². The van der Waals surface area contributed by atoms with Gasteiger partial charge in [-0.1, -0.05) is 158 Å². The summed E-state index contributed by atoms with van der Waals surface area (Å²) in [5.74, 6) is -0.231. The van der Waals surface area contributed by atoms with Crippen LogP contribution in [0.3, 0.4) is 0 Å². The number of carbonyl (C=O) groups excluding carboxylic acids is 1. The highest BCUT2D eigenvalue weighted by Crippen LogP contribution is 2.43. The second-order valence-electron chi connectivity index (χ2n) is 15.2. The van der Waals surface area contributed by atoms with E-state index in [1.807, 2.05) is 57.6 Å². The molecule has 53 heavy (non-hydrogen) atoms. The van der Waals surface area contributed by atoms with Gasteiger partial charge in [0.2, 0.25) is 5.91 Å². The topological polar surface area (TPSA) is 125 Å². The number of allylic oxidation sites excluding steroid dienone is 8. The highest BCUT2D eigenvalue weighted by Gasteiger charge is 2.28. The maximum Gasteiger partial charge on any atom is 0.472 e. The number of amides is 1. The zero-order valence-corrected chi connectivity index (χ0v) is 35.2. The minimum atomic E-state index is -4.34. The Bertz CT molecular complexity index is 1070. The summed E-state index contributed by atoms with van der Waals surface area (Å²) in [5.41, 5.74) is 0. The highest BCUT2D eigenvalue weighted by atomic mass is 31.2. The number of carbonyl (C=O) groups is 1. The van der Waals surface area contributed by atoms with Gasteiger partial charge in [-0.3, -0.25) is 13.8 Å². The van der Waals surface area contributed by atoms with Gasteiger partial charge in [-0.05, 0) is 44.9 Å². The lowest BCUT2D eigenvalue weighted by molar-refractivity contribution is -0.870. The van der Waals surface area contributed by atoms with E-state index in [1.54, 1.807) is 6.08 Å². The molecule has 0 saturated heterocycles. The van der Waals surface area contributed by atoms with Crippen LogP contribution in [0.5, 0.6) is 0 Å². The lowest BCUT2D eigenvalue weighted by atomic mass is 10.0. The molecule has 0 fully saturated rings. The van der Waals surface area contributed by atoms with E-state index in [4.69, 9.17) is 9.05 Å². The number of aliphatic hydroxyl groups excluding tert-OH is 2. The van der Waals surface area contributed by atoms with Crippen molar-refractivity contribution >= 4 is 13.7 Å². The van der Waals surface area contributed by atoms with Crippen molar-refractivity contribution in [1.82, 2.24) is 5.32 Å². The number of phosphoric acid groups is 1. The van der Waals surface area contributed by atoms with Crippen LogP contribution in [0.25, 0.3) is 0 Å². The third-order valence-electron chi connectivity index (χ3n) is 8.86. The van der Waals surface area contributed by atoms with Crippen molar-refractivity contribution in [1.29, 1.82) is 0 Å². The van der Waals surface area contributed by atoms with Crippen molar-refractivity contribution in [2.75, 3.05) is 40.9 Å². The molecule has 0 aromatic rings. The number of nitrogens with zero attached hydrogens (tertiary/aromatic N) is 1. The van der Waals surface area contributed by atoms with E-state index < -0.39 is 26.1 Å². The first kappa shape index (κ1) is 51.2. The second-order valence-corrected chi connectivity index (χ2v) is 16.6. The average Bonchev–Trinajstić information content (AvgIpc) is 3.10. The normalized spacial score (nSPS) is 15.7. The summed E-state index contributed by atoms with van der Waals surface area (Å²) in [6.45, 7) is 4.62. The first-order chi connectivity index (χ1) is 25.4. The Hall–Kier alpha value is -1.84. The van der Waals surface area contributed by atoms with Crippen molar-refractivity contribution in [3.63, 3.8) is 0 Å². The van der Waals surface area contributed by atoms with E-state index in [0.717, 1.165) is 44.9 Å². The molecule has 308 valence electrons. The summed E-state index contributed by atoms with van der Waals surface area (Å²) in [7, 11) is 1.53. The Morgan fingerprint density at radius 1 is 0.736 bits per heavy atom. The van der Waals surface area contributed by atoms with Gasteiger partial charge in [0.25, 0.3) is 0 Å².